The van der Waals surface area contributed by atoms with E-state index >= 15 is 0 Å². The molecule has 0 atom stereocenters. The normalized spacial score (nSPS) is 12.0. The van der Waals surface area contributed by atoms with Crippen molar-refractivity contribution in [3.8, 4) is 0 Å². The van der Waals surface area contributed by atoms with E-state index in [1.165, 1.54) is 0 Å². The Hall–Kier alpha value is 0.890. The lowest BCUT2D eigenvalue weighted by Crippen LogP contribution is -2.07. The second-order valence-electron chi connectivity index (χ2n) is 2.13. The molecule has 0 rings (SSSR count). The third-order valence-corrected chi connectivity index (χ3v) is 2.82. The quantitative estimate of drug-likeness (QED) is 0.544. The highest BCUT2D eigenvalue weighted by molar-refractivity contribution is 8.13. The fourth-order valence-electron chi connectivity index (χ4n) is 0.539. The molecule has 0 aromatic rings. The molecule has 3 nitrogen and oxygen atoms in total. The maximum Gasteiger partial charge on any atom is 0.338 e. The molecule has 6 heteroatoms. The average Bonchev–Trinajstić information content (AvgIpc) is 1.94. The minimum atomic E-state index is -2.69. The highest BCUT2D eigenvalue weighted by Gasteiger charge is 2.30. The third kappa shape index (κ3) is 10.9. The van der Waals surface area contributed by atoms with Crippen LogP contribution >= 0.6 is 28.7 Å². The van der Waals surface area contributed by atoms with Gasteiger partial charge < -0.3 is 9.47 Å². The third-order valence-electron chi connectivity index (χ3n) is 1.08. The first-order valence-electron chi connectivity index (χ1n) is 3.72. The van der Waals surface area contributed by atoms with Gasteiger partial charge in [-0.05, 0) is 6.92 Å². The van der Waals surface area contributed by atoms with Crippen molar-refractivity contribution in [3.05, 3.63) is 0 Å². The lowest BCUT2D eigenvalue weighted by atomic mass is 10.7. The summed E-state index contributed by atoms with van der Waals surface area (Å²) in [6.45, 7) is 4.07. The Morgan fingerprint density at radius 3 is 2.25 bits per heavy atom. The van der Waals surface area contributed by atoms with E-state index in [1.54, 1.807) is 0 Å². The van der Waals surface area contributed by atoms with Crippen LogP contribution in [-0.2, 0) is 9.47 Å². The van der Waals surface area contributed by atoms with E-state index in [0.29, 0.717) is 32.6 Å². The molecule has 74 valence electrons. The number of ether oxygens (including phenoxy) is 2. The van der Waals surface area contributed by atoms with Crippen LogP contribution in [0.15, 0.2) is 0 Å². The van der Waals surface area contributed by atoms with Crippen molar-refractivity contribution in [1.29, 1.82) is 0 Å². The van der Waals surface area contributed by atoms with E-state index in [1.807, 2.05) is 6.92 Å². The van der Waals surface area contributed by atoms with Crippen molar-refractivity contribution in [2.45, 2.75) is 6.92 Å². The summed E-state index contributed by atoms with van der Waals surface area (Å²) in [5.41, 5.74) is 0. The van der Waals surface area contributed by atoms with E-state index in [2.05, 4.69) is 0 Å². The fourth-order valence-corrected chi connectivity index (χ4v) is 1.30. The van der Waals surface area contributed by atoms with Crippen molar-refractivity contribution in [3.63, 3.8) is 0 Å². The zero-order valence-corrected chi connectivity index (χ0v) is 9.41. The van der Waals surface area contributed by atoms with Gasteiger partial charge >= 0.3 is 6.19 Å². The van der Waals surface area contributed by atoms with Crippen LogP contribution in [0, 0.1) is 0 Å². The zero-order valence-electron chi connectivity index (χ0n) is 7.00. The molecule has 1 N–H and O–H groups in total. The monoisotopic (exact) mass is 235 g/mol. The molecule has 0 spiro atoms. The highest BCUT2D eigenvalue weighted by atomic mass is 35.9. The molecular formula is C6H14Cl2O3P+. The lowest BCUT2D eigenvalue weighted by Gasteiger charge is -2.03. The summed E-state index contributed by atoms with van der Waals surface area (Å²) >= 11 is 10.8. The van der Waals surface area contributed by atoms with Gasteiger partial charge in [0.25, 0.3) is 0 Å². The van der Waals surface area contributed by atoms with E-state index in [9.17, 15) is 0 Å². The van der Waals surface area contributed by atoms with Crippen LogP contribution < -0.4 is 0 Å². The van der Waals surface area contributed by atoms with Crippen molar-refractivity contribution < 1.29 is 14.4 Å². The molecular weight excluding hydrogens is 222 g/mol. The Morgan fingerprint density at radius 1 is 1.17 bits per heavy atom. The second-order valence-corrected chi connectivity index (χ2v) is 7.64. The van der Waals surface area contributed by atoms with Gasteiger partial charge in [-0.3, -0.25) is 0 Å². The van der Waals surface area contributed by atoms with E-state index in [0.717, 1.165) is 0 Å². The van der Waals surface area contributed by atoms with Gasteiger partial charge in [-0.25, -0.2) is 4.89 Å². The van der Waals surface area contributed by atoms with Crippen LogP contribution in [-0.4, -0.2) is 37.5 Å². The van der Waals surface area contributed by atoms with Crippen molar-refractivity contribution in [1.82, 2.24) is 0 Å². The van der Waals surface area contributed by atoms with Gasteiger partial charge in [-0.1, -0.05) is 0 Å². The van der Waals surface area contributed by atoms with Crippen molar-refractivity contribution in [2.75, 3.05) is 32.6 Å². The average molecular weight is 236 g/mol. The number of hydrogen-bond acceptors (Lipinski definition) is 3. The van der Waals surface area contributed by atoms with Crippen molar-refractivity contribution in [2.24, 2.45) is 0 Å². The van der Waals surface area contributed by atoms with Gasteiger partial charge in [0, 0.05) is 6.61 Å². The Bertz CT molecular complexity index is 107. The predicted molar refractivity (Wildman–Crippen MR) is 53.0 cm³/mol. The molecule has 0 aromatic heterocycles. The number of halogens is 2. The second kappa shape index (κ2) is 7.31. The summed E-state index contributed by atoms with van der Waals surface area (Å²) in [6.07, 6.45) is -2.38. The van der Waals surface area contributed by atoms with Gasteiger partial charge in [-0.15, -0.1) is 0 Å². The van der Waals surface area contributed by atoms with Gasteiger partial charge in [0.05, 0.1) is 19.8 Å². The van der Waals surface area contributed by atoms with Crippen LogP contribution in [0.2, 0.25) is 0 Å². The van der Waals surface area contributed by atoms with Crippen LogP contribution in [0.1, 0.15) is 6.92 Å². The number of rotatable bonds is 7. The largest absolute Gasteiger partial charge is 0.379 e. The van der Waals surface area contributed by atoms with Crippen LogP contribution in [0.4, 0.5) is 0 Å². The summed E-state index contributed by atoms with van der Waals surface area (Å²) in [7, 11) is 0. The Labute approximate surface area is 82.9 Å². The number of hydrogen-bond donors (Lipinski definition) is 1. The summed E-state index contributed by atoms with van der Waals surface area (Å²) in [5.74, 6) is 0. The fraction of sp³-hybridized carbons (Fsp3) is 1.00. The van der Waals surface area contributed by atoms with Crippen LogP contribution in [0.5, 0.6) is 0 Å². The Kier molecular flexibility index (Phi) is 7.85. The molecule has 0 amide bonds. The molecule has 12 heavy (non-hydrogen) atoms. The first-order valence-corrected chi connectivity index (χ1v) is 7.45. The minimum Gasteiger partial charge on any atom is -0.379 e. The van der Waals surface area contributed by atoms with Crippen molar-refractivity contribution >= 4 is 28.7 Å². The van der Waals surface area contributed by atoms with Crippen LogP contribution in [0.3, 0.4) is 0 Å². The molecule has 0 saturated carbocycles. The molecule has 0 aromatic carbocycles. The maximum atomic E-state index is 8.95. The SMILES string of the molecule is CCOCCOCC[P+](O)(Cl)Cl. The molecule has 0 bridgehead atoms. The first kappa shape index (κ1) is 12.9. The van der Waals surface area contributed by atoms with E-state index < -0.39 is 6.19 Å². The smallest absolute Gasteiger partial charge is 0.338 e. The molecule has 0 heterocycles. The Balaban J connectivity index is 3.01. The van der Waals surface area contributed by atoms with Crippen LogP contribution in [0.25, 0.3) is 0 Å². The predicted octanol–water partition coefficient (Wildman–Crippen LogP) is 2.27. The van der Waals surface area contributed by atoms with E-state index in [-0.39, 0.29) is 0 Å². The van der Waals surface area contributed by atoms with Gasteiger partial charge in [0.2, 0.25) is 0 Å². The van der Waals surface area contributed by atoms with Gasteiger partial charge in [0.15, 0.2) is 0 Å². The molecule has 0 aliphatic heterocycles. The summed E-state index contributed by atoms with van der Waals surface area (Å²) in [6, 6.07) is 0. The standard InChI is InChI=1S/C6H14Cl2O3P/c1-2-10-3-4-11-5-6-12(7,8)9/h9H,2-6H2,1H3/q+1. The van der Waals surface area contributed by atoms with E-state index in [4.69, 9.17) is 36.8 Å². The molecule has 0 aliphatic carbocycles. The van der Waals surface area contributed by atoms with Gasteiger partial charge in [0.1, 0.15) is 28.6 Å². The zero-order chi connectivity index (χ0) is 9.45. The maximum absolute atomic E-state index is 8.95. The lowest BCUT2D eigenvalue weighted by molar-refractivity contribution is 0.0589. The Morgan fingerprint density at radius 2 is 1.75 bits per heavy atom. The topological polar surface area (TPSA) is 38.7 Å². The highest BCUT2D eigenvalue weighted by Crippen LogP contribution is 2.64. The molecule has 0 radical (unpaired) electrons. The molecule has 0 saturated heterocycles. The molecule has 0 aliphatic rings. The molecule has 0 fully saturated rings. The first-order chi connectivity index (χ1) is 5.56. The van der Waals surface area contributed by atoms with Gasteiger partial charge in [-0.2, -0.15) is 0 Å². The minimum absolute atomic E-state index is 0.308. The summed E-state index contributed by atoms with van der Waals surface area (Å²) < 4.78 is 10.1. The summed E-state index contributed by atoms with van der Waals surface area (Å²) in [5, 5.41) is 0. The molecule has 0 unspecified atom stereocenters. The summed E-state index contributed by atoms with van der Waals surface area (Å²) in [4.78, 5) is 8.95.